The van der Waals surface area contributed by atoms with Crippen molar-refractivity contribution in [2.75, 3.05) is 25.1 Å². The van der Waals surface area contributed by atoms with E-state index in [9.17, 15) is 9.59 Å². The molecule has 1 aromatic rings. The molecule has 1 aromatic carbocycles. The van der Waals surface area contributed by atoms with Crippen molar-refractivity contribution >= 4 is 17.5 Å². The van der Waals surface area contributed by atoms with E-state index in [0.29, 0.717) is 5.69 Å². The predicted molar refractivity (Wildman–Crippen MR) is 72.2 cm³/mol. The number of aliphatic hydroxyl groups is 3. The van der Waals surface area contributed by atoms with Gasteiger partial charge in [-0.3, -0.25) is 9.59 Å². The van der Waals surface area contributed by atoms with Crippen LogP contribution in [-0.2, 0) is 4.79 Å². The van der Waals surface area contributed by atoms with Gasteiger partial charge in [0, 0.05) is 18.2 Å². The summed E-state index contributed by atoms with van der Waals surface area (Å²) in [6.45, 7) is -0.389. The summed E-state index contributed by atoms with van der Waals surface area (Å²) in [6, 6.07) is 6.07. The van der Waals surface area contributed by atoms with E-state index in [-0.39, 0.29) is 11.5 Å². The van der Waals surface area contributed by atoms with Crippen LogP contribution in [0.15, 0.2) is 24.3 Å². The van der Waals surface area contributed by atoms with Gasteiger partial charge in [0.25, 0.3) is 5.91 Å². The zero-order valence-electron chi connectivity index (χ0n) is 11.1. The summed E-state index contributed by atoms with van der Waals surface area (Å²) >= 11 is 0. The topological polar surface area (TPSA) is 119 Å². The minimum absolute atomic E-state index is 0.220. The van der Waals surface area contributed by atoms with E-state index in [4.69, 9.17) is 15.3 Å². The Labute approximate surface area is 116 Å². The van der Waals surface area contributed by atoms with Crippen LogP contribution < -0.4 is 10.6 Å². The van der Waals surface area contributed by atoms with E-state index in [0.717, 1.165) is 0 Å². The molecule has 0 aliphatic heterocycles. The lowest BCUT2D eigenvalue weighted by Crippen LogP contribution is -2.57. The second-order valence-electron chi connectivity index (χ2n) is 4.47. The maximum absolute atomic E-state index is 11.9. The minimum Gasteiger partial charge on any atom is -0.394 e. The minimum atomic E-state index is -1.46. The molecule has 0 spiro atoms. The van der Waals surface area contributed by atoms with Gasteiger partial charge in [-0.2, -0.15) is 0 Å². The Bertz CT molecular complexity index is 460. The highest BCUT2D eigenvalue weighted by atomic mass is 16.3. The van der Waals surface area contributed by atoms with E-state index < -0.39 is 31.3 Å². The maximum atomic E-state index is 11.9. The van der Waals surface area contributed by atoms with E-state index in [1.54, 1.807) is 12.1 Å². The molecular formula is C13H18N2O5. The number of anilines is 1. The molecule has 7 nitrogen and oxygen atoms in total. The number of aliphatic hydroxyl groups excluding tert-OH is 3. The first-order chi connectivity index (χ1) is 9.46. The third kappa shape index (κ3) is 4.02. The molecule has 0 fully saturated rings. The summed E-state index contributed by atoms with van der Waals surface area (Å²) in [5.41, 5.74) is -0.640. The second kappa shape index (κ2) is 6.99. The number of carbonyl (C=O) groups is 2. The van der Waals surface area contributed by atoms with Crippen molar-refractivity contribution in [3.8, 4) is 0 Å². The molecule has 7 heteroatoms. The fourth-order valence-corrected chi connectivity index (χ4v) is 1.49. The number of rotatable bonds is 6. The van der Waals surface area contributed by atoms with Crippen LogP contribution in [0.1, 0.15) is 17.3 Å². The molecule has 0 aliphatic carbocycles. The number of hydrogen-bond donors (Lipinski definition) is 5. The lowest BCUT2D eigenvalue weighted by atomic mass is 10.0. The Balaban J connectivity index is 2.79. The van der Waals surface area contributed by atoms with E-state index in [1.165, 1.54) is 19.1 Å². The number of benzene rings is 1. The maximum Gasteiger partial charge on any atom is 0.251 e. The number of hydrogen-bond acceptors (Lipinski definition) is 5. The largest absolute Gasteiger partial charge is 0.394 e. The summed E-state index contributed by atoms with van der Waals surface area (Å²) in [6.07, 6.45) is 0. The van der Waals surface area contributed by atoms with Crippen LogP contribution in [0.5, 0.6) is 0 Å². The van der Waals surface area contributed by atoms with Gasteiger partial charge in [-0.15, -0.1) is 0 Å². The molecule has 0 radical (unpaired) electrons. The molecule has 0 unspecified atom stereocenters. The van der Waals surface area contributed by atoms with Crippen molar-refractivity contribution in [1.82, 2.24) is 5.32 Å². The third-order valence-electron chi connectivity index (χ3n) is 2.75. The lowest BCUT2D eigenvalue weighted by molar-refractivity contribution is -0.114. The number of amides is 2. The first kappa shape index (κ1) is 16.1. The van der Waals surface area contributed by atoms with Gasteiger partial charge in [-0.25, -0.2) is 0 Å². The molecule has 0 saturated heterocycles. The molecule has 0 aromatic heterocycles. The summed E-state index contributed by atoms with van der Waals surface area (Å²) < 4.78 is 0. The van der Waals surface area contributed by atoms with Crippen molar-refractivity contribution in [3.63, 3.8) is 0 Å². The summed E-state index contributed by atoms with van der Waals surface area (Å²) in [5, 5.41) is 32.3. The van der Waals surface area contributed by atoms with Crippen molar-refractivity contribution in [2.45, 2.75) is 12.5 Å². The SMILES string of the molecule is CC(=O)Nc1ccc(C(=O)NC(CO)(CO)CO)cc1. The van der Waals surface area contributed by atoms with Gasteiger partial charge in [0.15, 0.2) is 0 Å². The average molecular weight is 282 g/mol. The molecule has 0 atom stereocenters. The summed E-state index contributed by atoms with van der Waals surface area (Å²) in [7, 11) is 0. The summed E-state index contributed by atoms with van der Waals surface area (Å²) in [4.78, 5) is 22.8. The van der Waals surface area contributed by atoms with E-state index >= 15 is 0 Å². The summed E-state index contributed by atoms with van der Waals surface area (Å²) in [5.74, 6) is -0.765. The van der Waals surface area contributed by atoms with Gasteiger partial charge in [-0.05, 0) is 24.3 Å². The quantitative estimate of drug-likeness (QED) is 0.463. The molecule has 0 heterocycles. The molecule has 20 heavy (non-hydrogen) atoms. The first-order valence-electron chi connectivity index (χ1n) is 5.99. The van der Waals surface area contributed by atoms with Gasteiger partial charge in [0.05, 0.1) is 19.8 Å². The van der Waals surface area contributed by atoms with Crippen LogP contribution in [0.25, 0.3) is 0 Å². The van der Waals surface area contributed by atoms with Gasteiger partial charge in [-0.1, -0.05) is 0 Å². The molecule has 110 valence electrons. The van der Waals surface area contributed by atoms with Gasteiger partial charge in [0.2, 0.25) is 5.91 Å². The Hall–Kier alpha value is -1.96. The predicted octanol–water partition coefficient (Wildman–Crippen LogP) is -0.909. The average Bonchev–Trinajstić information content (AvgIpc) is 2.45. The van der Waals surface area contributed by atoms with Crippen LogP contribution in [0.2, 0.25) is 0 Å². The van der Waals surface area contributed by atoms with Crippen LogP contribution in [0.3, 0.4) is 0 Å². The molecule has 0 aliphatic rings. The lowest BCUT2D eigenvalue weighted by Gasteiger charge is -2.28. The van der Waals surface area contributed by atoms with Gasteiger partial charge < -0.3 is 26.0 Å². The smallest absolute Gasteiger partial charge is 0.251 e. The van der Waals surface area contributed by atoms with Crippen LogP contribution in [0, 0.1) is 0 Å². The second-order valence-corrected chi connectivity index (χ2v) is 4.47. The highest BCUT2D eigenvalue weighted by Crippen LogP contribution is 2.11. The molecule has 2 amide bonds. The number of nitrogens with one attached hydrogen (secondary N) is 2. The zero-order valence-corrected chi connectivity index (χ0v) is 11.1. The fourth-order valence-electron chi connectivity index (χ4n) is 1.49. The fraction of sp³-hybridized carbons (Fsp3) is 0.385. The zero-order chi connectivity index (χ0) is 15.2. The number of carbonyl (C=O) groups excluding carboxylic acids is 2. The molecule has 1 rings (SSSR count). The first-order valence-corrected chi connectivity index (χ1v) is 5.99. The van der Waals surface area contributed by atoms with E-state index in [2.05, 4.69) is 10.6 Å². The Morgan fingerprint density at radius 3 is 1.95 bits per heavy atom. The molecular weight excluding hydrogens is 264 g/mol. The molecule has 0 saturated carbocycles. The molecule has 0 bridgehead atoms. The van der Waals surface area contributed by atoms with E-state index in [1.807, 2.05) is 0 Å². The highest BCUT2D eigenvalue weighted by molar-refractivity contribution is 5.96. The van der Waals surface area contributed by atoms with Crippen LogP contribution in [0.4, 0.5) is 5.69 Å². The van der Waals surface area contributed by atoms with Crippen LogP contribution >= 0.6 is 0 Å². The molecule has 5 N–H and O–H groups in total. The van der Waals surface area contributed by atoms with Crippen molar-refractivity contribution in [2.24, 2.45) is 0 Å². The van der Waals surface area contributed by atoms with Crippen molar-refractivity contribution in [3.05, 3.63) is 29.8 Å². The van der Waals surface area contributed by atoms with Crippen molar-refractivity contribution in [1.29, 1.82) is 0 Å². The Kier molecular flexibility index (Phi) is 5.63. The standard InChI is InChI=1S/C13H18N2O5/c1-9(19)14-11-4-2-10(3-5-11)12(20)15-13(6-16,7-17)8-18/h2-5,16-18H,6-8H2,1H3,(H,14,19)(H,15,20). The third-order valence-corrected chi connectivity index (χ3v) is 2.75. The van der Waals surface area contributed by atoms with Crippen molar-refractivity contribution < 1.29 is 24.9 Å². The Morgan fingerprint density at radius 1 is 1.05 bits per heavy atom. The Morgan fingerprint density at radius 2 is 1.55 bits per heavy atom. The highest BCUT2D eigenvalue weighted by Gasteiger charge is 2.30. The van der Waals surface area contributed by atoms with Gasteiger partial charge >= 0.3 is 0 Å². The monoisotopic (exact) mass is 282 g/mol. The van der Waals surface area contributed by atoms with Crippen LogP contribution in [-0.4, -0.2) is 52.5 Å². The normalized spacial score (nSPS) is 11.0. The van der Waals surface area contributed by atoms with Gasteiger partial charge in [0.1, 0.15) is 5.54 Å².